The number of likely N-dealkylation sites (tertiary alicyclic amines) is 1. The number of aryl methyl sites for hydroxylation is 1. The molecule has 0 aliphatic carbocycles. The zero-order valence-corrected chi connectivity index (χ0v) is 19.8. The number of halogens is 1. The highest BCUT2D eigenvalue weighted by atomic mass is 127. The van der Waals surface area contributed by atoms with Crippen LogP contribution in [0.2, 0.25) is 0 Å². The van der Waals surface area contributed by atoms with Gasteiger partial charge in [-0.2, -0.15) is 5.10 Å². The lowest BCUT2D eigenvalue weighted by Gasteiger charge is -2.26. The number of nitrogens with zero attached hydrogens (tertiary/aromatic N) is 4. The van der Waals surface area contributed by atoms with Gasteiger partial charge in [0.25, 0.3) is 0 Å². The van der Waals surface area contributed by atoms with Gasteiger partial charge in [-0.3, -0.25) is 9.58 Å². The Morgan fingerprint density at radius 3 is 2.52 bits per heavy atom. The van der Waals surface area contributed by atoms with Crippen LogP contribution in [0, 0.1) is 0 Å². The smallest absolute Gasteiger partial charge is 0.191 e. The summed E-state index contributed by atoms with van der Waals surface area (Å²) in [7, 11) is 0. The van der Waals surface area contributed by atoms with Crippen molar-refractivity contribution in [2.75, 3.05) is 26.2 Å². The monoisotopic (exact) mass is 510 g/mol. The maximum Gasteiger partial charge on any atom is 0.191 e. The summed E-state index contributed by atoms with van der Waals surface area (Å²) in [6.07, 6.45) is 8.89. The number of aliphatic imine (C=N–C) groups is 1. The number of hydrogen-bond acceptors (Lipinski definition) is 3. The Labute approximate surface area is 192 Å². The normalized spacial score (nSPS) is 15.0. The lowest BCUT2D eigenvalue weighted by atomic mass is 10.1. The standard InChI is InChI=1S/C22H34N6.HI/c1-2-23-22(24-12-6-16-28-17-7-13-26-28)25-18-20-8-10-21(11-9-20)19-27-14-4-3-5-15-27;/h7-11,13,17H,2-6,12,14-16,18-19H2,1H3,(H2,23,24,25);1H. The van der Waals surface area contributed by atoms with Gasteiger partial charge in [-0.15, -0.1) is 24.0 Å². The highest BCUT2D eigenvalue weighted by Gasteiger charge is 2.10. The molecule has 0 saturated carbocycles. The van der Waals surface area contributed by atoms with Crippen molar-refractivity contribution < 1.29 is 0 Å². The van der Waals surface area contributed by atoms with E-state index in [-0.39, 0.29) is 24.0 Å². The van der Waals surface area contributed by atoms with Crippen LogP contribution in [0.5, 0.6) is 0 Å². The summed E-state index contributed by atoms with van der Waals surface area (Å²) in [5.41, 5.74) is 2.65. The highest BCUT2D eigenvalue weighted by molar-refractivity contribution is 14.0. The molecule has 2 heterocycles. The molecule has 0 unspecified atom stereocenters. The van der Waals surface area contributed by atoms with Gasteiger partial charge in [0, 0.05) is 38.6 Å². The Bertz CT molecular complexity index is 693. The van der Waals surface area contributed by atoms with Crippen LogP contribution in [0.3, 0.4) is 0 Å². The predicted octanol–water partition coefficient (Wildman–Crippen LogP) is 3.63. The van der Waals surface area contributed by atoms with Crippen LogP contribution >= 0.6 is 24.0 Å². The van der Waals surface area contributed by atoms with Crippen LogP contribution in [0.4, 0.5) is 0 Å². The van der Waals surface area contributed by atoms with Crippen LogP contribution in [0.15, 0.2) is 47.7 Å². The molecule has 0 spiro atoms. The zero-order chi connectivity index (χ0) is 19.4. The van der Waals surface area contributed by atoms with E-state index in [0.29, 0.717) is 6.54 Å². The molecule has 1 aromatic heterocycles. The van der Waals surface area contributed by atoms with E-state index < -0.39 is 0 Å². The first-order valence-corrected chi connectivity index (χ1v) is 10.6. The number of hydrogen-bond donors (Lipinski definition) is 2. The van der Waals surface area contributed by atoms with Gasteiger partial charge in [-0.25, -0.2) is 4.99 Å². The van der Waals surface area contributed by atoms with E-state index in [1.807, 2.05) is 23.1 Å². The van der Waals surface area contributed by atoms with E-state index in [2.05, 4.69) is 51.8 Å². The number of aromatic nitrogens is 2. The quantitative estimate of drug-likeness (QED) is 0.234. The molecule has 2 N–H and O–H groups in total. The molecule has 160 valence electrons. The number of piperidine rings is 1. The fourth-order valence-electron chi connectivity index (χ4n) is 3.52. The van der Waals surface area contributed by atoms with E-state index in [1.54, 1.807) is 0 Å². The van der Waals surface area contributed by atoms with Crippen molar-refractivity contribution in [2.45, 2.75) is 52.2 Å². The van der Waals surface area contributed by atoms with Gasteiger partial charge < -0.3 is 10.6 Å². The maximum absolute atomic E-state index is 4.73. The maximum atomic E-state index is 4.73. The minimum Gasteiger partial charge on any atom is -0.357 e. The molecule has 0 bridgehead atoms. The second-order valence-corrected chi connectivity index (χ2v) is 7.40. The van der Waals surface area contributed by atoms with Gasteiger partial charge in [0.1, 0.15) is 0 Å². The first kappa shape index (κ1) is 23.7. The van der Waals surface area contributed by atoms with Crippen LogP contribution < -0.4 is 10.6 Å². The van der Waals surface area contributed by atoms with Crippen LogP contribution in [0.25, 0.3) is 0 Å². The minimum atomic E-state index is 0. The molecule has 7 heteroatoms. The topological polar surface area (TPSA) is 57.5 Å². The molecular weight excluding hydrogens is 475 g/mol. The molecule has 3 rings (SSSR count). The summed E-state index contributed by atoms with van der Waals surface area (Å²) >= 11 is 0. The molecule has 6 nitrogen and oxygen atoms in total. The van der Waals surface area contributed by atoms with Gasteiger partial charge in [-0.1, -0.05) is 30.7 Å². The Balaban J connectivity index is 0.00000300. The number of benzene rings is 1. The summed E-state index contributed by atoms with van der Waals surface area (Å²) in [5.74, 6) is 0.875. The molecule has 1 aromatic carbocycles. The summed E-state index contributed by atoms with van der Waals surface area (Å²) in [6, 6.07) is 10.9. The second-order valence-electron chi connectivity index (χ2n) is 7.40. The highest BCUT2D eigenvalue weighted by Crippen LogP contribution is 2.14. The second kappa shape index (κ2) is 13.6. The van der Waals surface area contributed by atoms with E-state index in [4.69, 9.17) is 4.99 Å². The summed E-state index contributed by atoms with van der Waals surface area (Å²) in [5, 5.41) is 11.0. The largest absolute Gasteiger partial charge is 0.357 e. The average molecular weight is 510 g/mol. The van der Waals surface area contributed by atoms with E-state index in [9.17, 15) is 0 Å². The van der Waals surface area contributed by atoms with Crippen molar-refractivity contribution in [2.24, 2.45) is 4.99 Å². The third kappa shape index (κ3) is 8.74. The Morgan fingerprint density at radius 1 is 1.07 bits per heavy atom. The minimum absolute atomic E-state index is 0. The van der Waals surface area contributed by atoms with Crippen molar-refractivity contribution >= 4 is 29.9 Å². The van der Waals surface area contributed by atoms with Gasteiger partial charge in [-0.05, 0) is 56.5 Å². The molecule has 29 heavy (non-hydrogen) atoms. The average Bonchev–Trinajstić information content (AvgIpc) is 3.25. The first-order chi connectivity index (χ1) is 13.8. The third-order valence-electron chi connectivity index (χ3n) is 5.06. The van der Waals surface area contributed by atoms with E-state index in [1.165, 1.54) is 43.5 Å². The molecule has 1 aliphatic heterocycles. The molecule has 1 fully saturated rings. The van der Waals surface area contributed by atoms with E-state index >= 15 is 0 Å². The summed E-state index contributed by atoms with van der Waals surface area (Å²) in [4.78, 5) is 7.29. The van der Waals surface area contributed by atoms with Crippen molar-refractivity contribution in [1.29, 1.82) is 0 Å². The molecule has 0 radical (unpaired) electrons. The summed E-state index contributed by atoms with van der Waals surface area (Å²) < 4.78 is 1.96. The van der Waals surface area contributed by atoms with Crippen molar-refractivity contribution in [3.8, 4) is 0 Å². The van der Waals surface area contributed by atoms with E-state index in [0.717, 1.165) is 38.6 Å². The van der Waals surface area contributed by atoms with Gasteiger partial charge in [0.2, 0.25) is 0 Å². The zero-order valence-electron chi connectivity index (χ0n) is 17.5. The first-order valence-electron chi connectivity index (χ1n) is 10.6. The molecule has 2 aromatic rings. The van der Waals surface area contributed by atoms with Crippen molar-refractivity contribution in [3.05, 3.63) is 53.9 Å². The molecule has 1 saturated heterocycles. The molecular formula is C22H35IN6. The number of rotatable bonds is 9. The van der Waals surface area contributed by atoms with Gasteiger partial charge >= 0.3 is 0 Å². The van der Waals surface area contributed by atoms with Crippen LogP contribution in [0.1, 0.15) is 43.7 Å². The predicted molar refractivity (Wildman–Crippen MR) is 131 cm³/mol. The number of nitrogens with one attached hydrogen (secondary N) is 2. The van der Waals surface area contributed by atoms with Crippen LogP contribution in [-0.2, 0) is 19.6 Å². The number of guanidine groups is 1. The molecule has 1 aliphatic rings. The Hall–Kier alpha value is -1.61. The Morgan fingerprint density at radius 2 is 1.83 bits per heavy atom. The van der Waals surface area contributed by atoms with Crippen LogP contribution in [-0.4, -0.2) is 46.8 Å². The summed E-state index contributed by atoms with van der Waals surface area (Å²) in [6.45, 7) is 8.99. The third-order valence-corrected chi connectivity index (χ3v) is 5.06. The SMILES string of the molecule is CCNC(=NCc1ccc(CN2CCCCC2)cc1)NCCCn1cccn1.I. The molecule has 0 atom stereocenters. The van der Waals surface area contributed by atoms with Gasteiger partial charge in [0.15, 0.2) is 5.96 Å². The Kier molecular flexibility index (Phi) is 11.1. The lowest BCUT2D eigenvalue weighted by molar-refractivity contribution is 0.221. The fourth-order valence-corrected chi connectivity index (χ4v) is 3.52. The molecule has 0 amide bonds. The van der Waals surface area contributed by atoms with Gasteiger partial charge in [0.05, 0.1) is 6.54 Å². The lowest BCUT2D eigenvalue weighted by Crippen LogP contribution is -2.38. The van der Waals surface area contributed by atoms with Crippen molar-refractivity contribution in [3.63, 3.8) is 0 Å². The fraction of sp³-hybridized carbons (Fsp3) is 0.545. The van der Waals surface area contributed by atoms with Crippen molar-refractivity contribution in [1.82, 2.24) is 25.3 Å².